The van der Waals surface area contributed by atoms with Crippen LogP contribution in [0.2, 0.25) is 0 Å². The molecule has 2 N–H and O–H groups in total. The van der Waals surface area contributed by atoms with E-state index in [0.717, 1.165) is 24.1 Å². The molecule has 0 saturated heterocycles. The Labute approximate surface area is 104 Å². The molecule has 1 atom stereocenters. The Hall–Kier alpha value is -1.27. The molecule has 1 aromatic rings. The Balaban J connectivity index is 2.98. The number of rotatable bonds is 2. The van der Waals surface area contributed by atoms with Gasteiger partial charge in [-0.25, -0.2) is 0 Å². The van der Waals surface area contributed by atoms with Crippen LogP contribution in [0.5, 0.6) is 0 Å². The van der Waals surface area contributed by atoms with Gasteiger partial charge < -0.3 is 5.73 Å². The third-order valence-electron chi connectivity index (χ3n) is 2.53. The molecular weight excluding hydrogens is 210 g/mol. The van der Waals surface area contributed by atoms with Gasteiger partial charge in [-0.2, -0.15) is 5.10 Å². The Morgan fingerprint density at radius 2 is 2.12 bits per heavy atom. The molecule has 0 aliphatic heterocycles. The van der Waals surface area contributed by atoms with Gasteiger partial charge in [-0.05, 0) is 6.42 Å². The molecule has 1 heterocycles. The van der Waals surface area contributed by atoms with E-state index in [1.54, 1.807) is 0 Å². The summed E-state index contributed by atoms with van der Waals surface area (Å²) in [7, 11) is 1.92. The minimum atomic E-state index is -0.0342. The fourth-order valence-corrected chi connectivity index (χ4v) is 1.69. The van der Waals surface area contributed by atoms with E-state index in [1.807, 2.05) is 17.9 Å². The van der Waals surface area contributed by atoms with Gasteiger partial charge in [0.15, 0.2) is 0 Å². The van der Waals surface area contributed by atoms with Crippen molar-refractivity contribution in [2.45, 2.75) is 52.0 Å². The average molecular weight is 233 g/mol. The summed E-state index contributed by atoms with van der Waals surface area (Å²) in [6, 6.07) is -0.0342. The molecule has 1 unspecified atom stereocenters. The lowest BCUT2D eigenvalue weighted by molar-refractivity contribution is 0.552. The fraction of sp³-hybridized carbons (Fsp3) is 0.643. The lowest BCUT2D eigenvalue weighted by Gasteiger charge is -2.15. The van der Waals surface area contributed by atoms with Crippen molar-refractivity contribution in [3.8, 4) is 11.8 Å². The van der Waals surface area contributed by atoms with Crippen molar-refractivity contribution in [1.29, 1.82) is 0 Å². The van der Waals surface area contributed by atoms with Crippen LogP contribution in [0, 0.1) is 11.8 Å². The molecule has 0 aliphatic rings. The van der Waals surface area contributed by atoms with Gasteiger partial charge >= 0.3 is 0 Å². The average Bonchev–Trinajstić information content (AvgIpc) is 2.57. The van der Waals surface area contributed by atoms with Crippen molar-refractivity contribution < 1.29 is 0 Å². The van der Waals surface area contributed by atoms with Crippen molar-refractivity contribution >= 4 is 0 Å². The van der Waals surface area contributed by atoms with Crippen LogP contribution in [0.4, 0.5) is 0 Å². The predicted octanol–water partition coefficient (Wildman–Crippen LogP) is 2.20. The van der Waals surface area contributed by atoms with Crippen LogP contribution < -0.4 is 5.73 Å². The molecular formula is C14H23N3. The second-order valence-corrected chi connectivity index (χ2v) is 5.48. The van der Waals surface area contributed by atoms with E-state index in [4.69, 9.17) is 5.73 Å². The zero-order valence-corrected chi connectivity index (χ0v) is 11.5. The van der Waals surface area contributed by atoms with Gasteiger partial charge in [-0.3, -0.25) is 4.68 Å². The number of nitrogens with zero attached hydrogens (tertiary/aromatic N) is 2. The highest BCUT2D eigenvalue weighted by Crippen LogP contribution is 2.23. The fourth-order valence-electron chi connectivity index (χ4n) is 1.69. The summed E-state index contributed by atoms with van der Waals surface area (Å²) in [4.78, 5) is 0. The number of hydrogen-bond acceptors (Lipinski definition) is 2. The highest BCUT2D eigenvalue weighted by atomic mass is 15.3. The zero-order chi connectivity index (χ0) is 13.1. The van der Waals surface area contributed by atoms with Gasteiger partial charge in [0.25, 0.3) is 0 Å². The van der Waals surface area contributed by atoms with Crippen LogP contribution in [0.15, 0.2) is 6.20 Å². The summed E-state index contributed by atoms with van der Waals surface area (Å²) in [6.45, 7) is 8.55. The van der Waals surface area contributed by atoms with Gasteiger partial charge in [0, 0.05) is 18.7 Å². The third-order valence-corrected chi connectivity index (χ3v) is 2.53. The molecule has 0 aliphatic carbocycles. The van der Waals surface area contributed by atoms with Gasteiger partial charge in [0.2, 0.25) is 0 Å². The minimum absolute atomic E-state index is 0.0140. The van der Waals surface area contributed by atoms with Crippen LogP contribution in [-0.2, 0) is 12.5 Å². The molecule has 0 amide bonds. The maximum absolute atomic E-state index is 5.90. The van der Waals surface area contributed by atoms with Gasteiger partial charge in [0.1, 0.15) is 0 Å². The molecule has 0 spiro atoms. The monoisotopic (exact) mass is 233 g/mol. The standard InChI is InChI=1S/C14H23N3/c1-6-7-12(15)9-8-11-10-17(5)16-13(11)14(2,3)4/h10,12H,6-7,15H2,1-5H3. The molecule has 17 heavy (non-hydrogen) atoms. The Bertz CT molecular complexity index is 427. The number of hydrogen-bond donors (Lipinski definition) is 1. The first-order chi connectivity index (χ1) is 7.84. The van der Waals surface area contributed by atoms with Crippen LogP contribution in [0.1, 0.15) is 51.8 Å². The molecule has 3 heteroatoms. The maximum atomic E-state index is 5.90. The molecule has 0 aromatic carbocycles. The van der Waals surface area contributed by atoms with E-state index in [0.29, 0.717) is 0 Å². The summed E-state index contributed by atoms with van der Waals surface area (Å²) in [5.41, 5.74) is 7.94. The maximum Gasteiger partial charge on any atom is 0.0834 e. The van der Waals surface area contributed by atoms with E-state index in [-0.39, 0.29) is 11.5 Å². The molecule has 1 aromatic heterocycles. The summed E-state index contributed by atoms with van der Waals surface area (Å²) in [5.74, 6) is 6.27. The van der Waals surface area contributed by atoms with E-state index in [2.05, 4.69) is 44.6 Å². The second kappa shape index (κ2) is 5.37. The van der Waals surface area contributed by atoms with Crippen LogP contribution >= 0.6 is 0 Å². The zero-order valence-electron chi connectivity index (χ0n) is 11.5. The highest BCUT2D eigenvalue weighted by Gasteiger charge is 2.20. The molecule has 1 rings (SSSR count). The summed E-state index contributed by atoms with van der Waals surface area (Å²) >= 11 is 0. The number of nitrogens with two attached hydrogens (primary N) is 1. The second-order valence-electron chi connectivity index (χ2n) is 5.48. The first-order valence-electron chi connectivity index (χ1n) is 6.16. The largest absolute Gasteiger partial charge is 0.318 e. The first kappa shape index (κ1) is 13.8. The van der Waals surface area contributed by atoms with Crippen LogP contribution in [-0.4, -0.2) is 15.8 Å². The van der Waals surface area contributed by atoms with Gasteiger partial charge in [0.05, 0.1) is 17.3 Å². The Kier molecular flexibility index (Phi) is 4.36. The van der Waals surface area contributed by atoms with E-state index < -0.39 is 0 Å². The van der Waals surface area contributed by atoms with Crippen LogP contribution in [0.25, 0.3) is 0 Å². The lowest BCUT2D eigenvalue weighted by Crippen LogP contribution is -2.17. The number of aromatic nitrogens is 2. The molecule has 0 bridgehead atoms. The molecule has 0 saturated carbocycles. The van der Waals surface area contributed by atoms with Crippen molar-refractivity contribution in [2.75, 3.05) is 0 Å². The Morgan fingerprint density at radius 3 is 2.65 bits per heavy atom. The topological polar surface area (TPSA) is 43.8 Å². The summed E-state index contributed by atoms with van der Waals surface area (Å²) in [5, 5.41) is 4.48. The predicted molar refractivity (Wildman–Crippen MR) is 71.7 cm³/mol. The van der Waals surface area contributed by atoms with Crippen LogP contribution in [0.3, 0.4) is 0 Å². The molecule has 94 valence electrons. The third kappa shape index (κ3) is 3.90. The van der Waals surface area contributed by atoms with E-state index in [9.17, 15) is 0 Å². The SMILES string of the molecule is CCCC(N)C#Cc1cn(C)nc1C(C)(C)C. The quantitative estimate of drug-likeness (QED) is 0.796. The molecule has 3 nitrogen and oxygen atoms in total. The normalized spacial score (nSPS) is 13.1. The molecule has 0 fully saturated rings. The van der Waals surface area contributed by atoms with Gasteiger partial charge in [-0.1, -0.05) is 46.0 Å². The Morgan fingerprint density at radius 1 is 1.47 bits per heavy atom. The van der Waals surface area contributed by atoms with Crippen molar-refractivity contribution in [3.63, 3.8) is 0 Å². The van der Waals surface area contributed by atoms with Crippen molar-refractivity contribution in [2.24, 2.45) is 12.8 Å². The smallest absolute Gasteiger partial charge is 0.0834 e. The molecule has 0 radical (unpaired) electrons. The number of aryl methyl sites for hydroxylation is 1. The summed E-state index contributed by atoms with van der Waals surface area (Å²) in [6.07, 6.45) is 3.97. The van der Waals surface area contributed by atoms with Crippen molar-refractivity contribution in [3.05, 3.63) is 17.5 Å². The van der Waals surface area contributed by atoms with Crippen molar-refractivity contribution in [1.82, 2.24) is 9.78 Å². The van der Waals surface area contributed by atoms with E-state index in [1.165, 1.54) is 0 Å². The van der Waals surface area contributed by atoms with E-state index >= 15 is 0 Å². The lowest BCUT2D eigenvalue weighted by atomic mass is 9.90. The highest BCUT2D eigenvalue weighted by molar-refractivity contribution is 5.40. The minimum Gasteiger partial charge on any atom is -0.318 e. The first-order valence-corrected chi connectivity index (χ1v) is 6.16. The van der Waals surface area contributed by atoms with Gasteiger partial charge in [-0.15, -0.1) is 0 Å². The summed E-state index contributed by atoms with van der Waals surface area (Å²) < 4.78 is 1.82.